The first-order chi connectivity index (χ1) is 12.6. The van der Waals surface area contributed by atoms with Crippen molar-refractivity contribution in [1.82, 2.24) is 9.47 Å². The highest BCUT2D eigenvalue weighted by molar-refractivity contribution is 7.91. The van der Waals surface area contributed by atoms with Crippen LogP contribution in [0, 0.1) is 13.8 Å². The fraction of sp³-hybridized carbons (Fsp3) is 0.368. The van der Waals surface area contributed by atoms with Crippen molar-refractivity contribution >= 4 is 21.7 Å². The number of hydrogen-bond donors (Lipinski definition) is 1. The Balaban J connectivity index is 2.01. The second kappa shape index (κ2) is 6.84. The Hall–Kier alpha value is -2.61. The summed E-state index contributed by atoms with van der Waals surface area (Å²) < 4.78 is 25.3. The van der Waals surface area contributed by atoms with Gasteiger partial charge in [-0.1, -0.05) is 12.1 Å². The number of nitrogens with zero attached hydrogens (tertiary/aromatic N) is 2. The molecule has 1 unspecified atom stereocenters. The number of carboxylic acid groups (broad SMARTS) is 1. The van der Waals surface area contributed by atoms with E-state index in [1.165, 1.54) is 6.26 Å². The Labute approximate surface area is 158 Å². The predicted octanol–water partition coefficient (Wildman–Crippen LogP) is 2.05. The lowest BCUT2D eigenvalue weighted by atomic mass is 10.1. The summed E-state index contributed by atoms with van der Waals surface area (Å²) in [6, 6.07) is 8.56. The Morgan fingerprint density at radius 1 is 1.15 bits per heavy atom. The molecule has 3 rings (SSSR count). The summed E-state index contributed by atoms with van der Waals surface area (Å²) in [7, 11) is -3.20. The van der Waals surface area contributed by atoms with Crippen molar-refractivity contribution in [2.24, 2.45) is 0 Å². The third-order valence-electron chi connectivity index (χ3n) is 5.07. The van der Waals surface area contributed by atoms with Crippen LogP contribution in [-0.2, 0) is 9.84 Å². The minimum Gasteiger partial charge on any atom is -0.478 e. The molecule has 144 valence electrons. The smallest absolute Gasteiger partial charge is 0.337 e. The molecule has 2 heterocycles. The summed E-state index contributed by atoms with van der Waals surface area (Å²) in [5.74, 6) is -1.27. The van der Waals surface area contributed by atoms with E-state index in [1.807, 2.05) is 0 Å². The van der Waals surface area contributed by atoms with E-state index in [9.17, 15) is 23.1 Å². The first kappa shape index (κ1) is 19.2. The van der Waals surface area contributed by atoms with Crippen molar-refractivity contribution in [2.75, 3.05) is 19.3 Å². The van der Waals surface area contributed by atoms with Gasteiger partial charge >= 0.3 is 5.97 Å². The first-order valence-corrected chi connectivity index (χ1v) is 10.6. The van der Waals surface area contributed by atoms with Crippen molar-refractivity contribution < 1.29 is 23.1 Å². The van der Waals surface area contributed by atoms with E-state index < -0.39 is 21.1 Å². The number of benzene rings is 1. The van der Waals surface area contributed by atoms with Crippen LogP contribution in [0.3, 0.4) is 0 Å². The van der Waals surface area contributed by atoms with Crippen LogP contribution in [0.2, 0.25) is 0 Å². The number of likely N-dealkylation sites (tertiary alicyclic amines) is 1. The van der Waals surface area contributed by atoms with E-state index in [2.05, 4.69) is 0 Å². The fourth-order valence-corrected chi connectivity index (χ4v) is 4.62. The molecule has 0 spiro atoms. The first-order valence-electron chi connectivity index (χ1n) is 8.61. The summed E-state index contributed by atoms with van der Waals surface area (Å²) in [5.41, 5.74) is 2.45. The zero-order valence-corrected chi connectivity index (χ0v) is 16.3. The summed E-state index contributed by atoms with van der Waals surface area (Å²) >= 11 is 0. The number of para-hydroxylation sites is 1. The number of rotatable bonds is 4. The number of sulfone groups is 1. The number of hydrogen-bond acceptors (Lipinski definition) is 4. The molecule has 1 amide bonds. The lowest BCUT2D eigenvalue weighted by Crippen LogP contribution is -2.32. The van der Waals surface area contributed by atoms with Crippen LogP contribution in [0.4, 0.5) is 0 Å². The SMILES string of the molecule is Cc1cc(C(=O)O)c(C)n1-c1ccccc1C(=O)N1CCC(S(C)(=O)=O)C1. The molecular formula is C19H22N2O5S. The van der Waals surface area contributed by atoms with Crippen LogP contribution in [0.1, 0.15) is 38.5 Å². The summed E-state index contributed by atoms with van der Waals surface area (Å²) in [5, 5.41) is 8.82. The maximum atomic E-state index is 13.1. The van der Waals surface area contributed by atoms with Crippen LogP contribution in [0.25, 0.3) is 5.69 Å². The van der Waals surface area contributed by atoms with E-state index in [0.29, 0.717) is 35.6 Å². The normalized spacial score (nSPS) is 17.3. The maximum Gasteiger partial charge on any atom is 0.337 e. The number of aryl methyl sites for hydroxylation is 1. The van der Waals surface area contributed by atoms with Crippen molar-refractivity contribution in [2.45, 2.75) is 25.5 Å². The van der Waals surface area contributed by atoms with Gasteiger partial charge in [0.25, 0.3) is 5.91 Å². The fourth-order valence-electron chi connectivity index (χ4n) is 3.63. The zero-order chi connectivity index (χ0) is 19.9. The second-order valence-corrected chi connectivity index (χ2v) is 9.26. The molecule has 1 aliphatic heterocycles. The highest BCUT2D eigenvalue weighted by atomic mass is 32.2. The number of carbonyl (C=O) groups is 2. The summed E-state index contributed by atoms with van der Waals surface area (Å²) in [4.78, 5) is 26.1. The number of aromatic carboxylic acids is 1. The van der Waals surface area contributed by atoms with Gasteiger partial charge in [0.15, 0.2) is 9.84 Å². The van der Waals surface area contributed by atoms with Crippen LogP contribution in [0.15, 0.2) is 30.3 Å². The third-order valence-corrected chi connectivity index (χ3v) is 6.67. The Bertz CT molecular complexity index is 1020. The minimum atomic E-state index is -3.20. The quantitative estimate of drug-likeness (QED) is 0.862. The van der Waals surface area contributed by atoms with Gasteiger partial charge in [0, 0.05) is 30.7 Å². The molecule has 0 aliphatic carbocycles. The van der Waals surface area contributed by atoms with Gasteiger partial charge in [-0.25, -0.2) is 13.2 Å². The molecule has 1 atom stereocenters. The predicted molar refractivity (Wildman–Crippen MR) is 101 cm³/mol. The Morgan fingerprint density at radius 2 is 1.81 bits per heavy atom. The van der Waals surface area contributed by atoms with Crippen LogP contribution >= 0.6 is 0 Å². The molecule has 8 heteroatoms. The van der Waals surface area contributed by atoms with E-state index in [-0.39, 0.29) is 18.0 Å². The lowest BCUT2D eigenvalue weighted by Gasteiger charge is -2.20. The van der Waals surface area contributed by atoms with Crippen molar-refractivity contribution in [3.63, 3.8) is 0 Å². The monoisotopic (exact) mass is 390 g/mol. The van der Waals surface area contributed by atoms with Gasteiger partial charge in [-0.3, -0.25) is 4.79 Å². The topological polar surface area (TPSA) is 96.7 Å². The second-order valence-electron chi connectivity index (χ2n) is 6.93. The van der Waals surface area contributed by atoms with E-state index in [4.69, 9.17) is 0 Å². The molecular weight excluding hydrogens is 368 g/mol. The van der Waals surface area contributed by atoms with Crippen LogP contribution in [-0.4, -0.2) is 59.5 Å². The summed E-state index contributed by atoms with van der Waals surface area (Å²) in [6.45, 7) is 4.05. The number of aromatic nitrogens is 1. The standard InChI is InChI=1S/C19H22N2O5S/c1-12-10-16(19(23)24)13(2)21(12)17-7-5-4-6-15(17)18(22)20-9-8-14(11-20)27(3,25)26/h4-7,10,14H,8-9,11H2,1-3H3,(H,23,24). The molecule has 2 aromatic rings. The Kier molecular flexibility index (Phi) is 4.86. The molecule has 0 bridgehead atoms. The molecule has 1 aromatic heterocycles. The molecule has 1 saturated heterocycles. The molecule has 1 aromatic carbocycles. The van der Waals surface area contributed by atoms with Gasteiger partial charge in [0.2, 0.25) is 0 Å². The molecule has 1 N–H and O–H groups in total. The highest BCUT2D eigenvalue weighted by Gasteiger charge is 2.34. The Morgan fingerprint density at radius 3 is 2.37 bits per heavy atom. The van der Waals surface area contributed by atoms with Crippen molar-refractivity contribution in [1.29, 1.82) is 0 Å². The molecule has 0 saturated carbocycles. The average Bonchev–Trinajstić information content (AvgIpc) is 3.19. The third kappa shape index (κ3) is 3.49. The molecule has 0 radical (unpaired) electrons. The van der Waals surface area contributed by atoms with E-state index in [1.54, 1.807) is 53.6 Å². The van der Waals surface area contributed by atoms with Gasteiger partial charge in [-0.2, -0.15) is 0 Å². The van der Waals surface area contributed by atoms with Gasteiger partial charge in [-0.05, 0) is 38.5 Å². The molecule has 1 fully saturated rings. The maximum absolute atomic E-state index is 13.1. The van der Waals surface area contributed by atoms with E-state index in [0.717, 1.165) is 0 Å². The van der Waals surface area contributed by atoms with Crippen LogP contribution < -0.4 is 0 Å². The average molecular weight is 390 g/mol. The van der Waals surface area contributed by atoms with Crippen LogP contribution in [0.5, 0.6) is 0 Å². The largest absolute Gasteiger partial charge is 0.478 e. The van der Waals surface area contributed by atoms with E-state index >= 15 is 0 Å². The molecule has 27 heavy (non-hydrogen) atoms. The summed E-state index contributed by atoms with van der Waals surface area (Å²) in [6.07, 6.45) is 1.62. The number of amides is 1. The zero-order valence-electron chi connectivity index (χ0n) is 15.5. The molecule has 7 nitrogen and oxygen atoms in total. The molecule has 1 aliphatic rings. The van der Waals surface area contributed by atoms with Crippen molar-refractivity contribution in [3.05, 3.63) is 52.8 Å². The number of carboxylic acids is 1. The van der Waals surface area contributed by atoms with Gasteiger partial charge < -0.3 is 14.6 Å². The number of carbonyl (C=O) groups excluding carboxylic acids is 1. The lowest BCUT2D eigenvalue weighted by molar-refractivity contribution is 0.0695. The highest BCUT2D eigenvalue weighted by Crippen LogP contribution is 2.26. The van der Waals surface area contributed by atoms with Gasteiger partial charge in [-0.15, -0.1) is 0 Å². The van der Waals surface area contributed by atoms with Gasteiger partial charge in [0.05, 0.1) is 22.1 Å². The van der Waals surface area contributed by atoms with Crippen molar-refractivity contribution in [3.8, 4) is 5.69 Å². The minimum absolute atomic E-state index is 0.177. The van der Waals surface area contributed by atoms with Gasteiger partial charge in [0.1, 0.15) is 0 Å².